The Morgan fingerprint density at radius 3 is 2.81 bits per heavy atom. The number of benzene rings is 1. The molecular formula is C13H19NO2. The molecule has 0 aromatic heterocycles. The summed E-state index contributed by atoms with van der Waals surface area (Å²) < 4.78 is 5.11. The molecule has 0 atom stereocenters. The maximum Gasteiger partial charge on any atom is 0.220 e. The highest BCUT2D eigenvalue weighted by molar-refractivity contribution is 5.76. The van der Waals surface area contributed by atoms with Gasteiger partial charge in [0.2, 0.25) is 5.91 Å². The van der Waals surface area contributed by atoms with Crippen molar-refractivity contribution in [3.8, 4) is 5.75 Å². The molecule has 0 saturated heterocycles. The molecule has 0 fully saturated rings. The Bertz CT molecular complexity index is 348. The average molecular weight is 221 g/mol. The molecule has 1 amide bonds. The summed E-state index contributed by atoms with van der Waals surface area (Å²) in [5, 5.41) is 2.89. The Balaban J connectivity index is 2.45. The first-order valence-corrected chi connectivity index (χ1v) is 5.51. The number of hydrogen-bond acceptors (Lipinski definition) is 2. The predicted octanol–water partition coefficient (Wildman–Crippen LogP) is 2.36. The first kappa shape index (κ1) is 12.6. The molecule has 3 nitrogen and oxygen atoms in total. The van der Waals surface area contributed by atoms with E-state index in [4.69, 9.17) is 4.74 Å². The lowest BCUT2D eigenvalue weighted by atomic mass is 10.1. The number of hydrogen-bond donors (Lipinski definition) is 1. The molecule has 88 valence electrons. The van der Waals surface area contributed by atoms with Crippen molar-refractivity contribution in [2.75, 3.05) is 7.11 Å². The smallest absolute Gasteiger partial charge is 0.220 e. The zero-order valence-electron chi connectivity index (χ0n) is 10.1. The molecule has 1 aromatic rings. The zero-order valence-corrected chi connectivity index (χ0v) is 10.1. The van der Waals surface area contributed by atoms with E-state index >= 15 is 0 Å². The van der Waals surface area contributed by atoms with Gasteiger partial charge in [-0.25, -0.2) is 0 Å². The van der Waals surface area contributed by atoms with Crippen molar-refractivity contribution in [2.24, 2.45) is 5.92 Å². The summed E-state index contributed by atoms with van der Waals surface area (Å²) in [6.07, 6.45) is 0.573. The van der Waals surface area contributed by atoms with Crippen LogP contribution in [0.2, 0.25) is 0 Å². The van der Waals surface area contributed by atoms with E-state index in [1.54, 1.807) is 7.11 Å². The van der Waals surface area contributed by atoms with Crippen LogP contribution in [0.15, 0.2) is 24.3 Å². The summed E-state index contributed by atoms with van der Waals surface area (Å²) in [4.78, 5) is 11.4. The number of rotatable bonds is 5. The van der Waals surface area contributed by atoms with Gasteiger partial charge in [0.25, 0.3) is 0 Å². The molecule has 16 heavy (non-hydrogen) atoms. The molecule has 1 N–H and O–H groups in total. The molecule has 0 bridgehead atoms. The van der Waals surface area contributed by atoms with Gasteiger partial charge >= 0.3 is 0 Å². The van der Waals surface area contributed by atoms with E-state index in [0.717, 1.165) is 11.3 Å². The Hall–Kier alpha value is -1.51. The van der Waals surface area contributed by atoms with Crippen molar-refractivity contribution in [3.05, 3.63) is 29.8 Å². The number of ether oxygens (including phenoxy) is 1. The third kappa shape index (κ3) is 4.34. The van der Waals surface area contributed by atoms with E-state index in [2.05, 4.69) is 5.32 Å². The van der Waals surface area contributed by atoms with Gasteiger partial charge in [-0.2, -0.15) is 0 Å². The lowest BCUT2D eigenvalue weighted by molar-refractivity contribution is -0.121. The minimum absolute atomic E-state index is 0.0952. The number of nitrogens with one attached hydrogen (secondary N) is 1. The summed E-state index contributed by atoms with van der Waals surface area (Å²) in [7, 11) is 1.64. The lowest BCUT2D eigenvalue weighted by Crippen LogP contribution is -2.23. The highest BCUT2D eigenvalue weighted by Crippen LogP contribution is 2.12. The van der Waals surface area contributed by atoms with Crippen molar-refractivity contribution in [1.29, 1.82) is 0 Å². The van der Waals surface area contributed by atoms with Crippen LogP contribution in [0.4, 0.5) is 0 Å². The van der Waals surface area contributed by atoms with Crippen molar-refractivity contribution >= 4 is 5.91 Å². The molecule has 0 aliphatic rings. The van der Waals surface area contributed by atoms with Gasteiger partial charge < -0.3 is 10.1 Å². The second-order valence-corrected chi connectivity index (χ2v) is 4.23. The van der Waals surface area contributed by atoms with Crippen LogP contribution >= 0.6 is 0 Å². The molecule has 0 heterocycles. The van der Waals surface area contributed by atoms with Crippen LogP contribution in [0.25, 0.3) is 0 Å². The zero-order chi connectivity index (χ0) is 12.0. The number of amides is 1. The maximum absolute atomic E-state index is 11.4. The first-order chi connectivity index (χ1) is 7.61. The number of methoxy groups -OCH3 is 1. The standard InChI is InChI=1S/C13H19NO2/c1-10(2)7-13(15)14-9-11-5-4-6-12(8-11)16-3/h4-6,8,10H,7,9H2,1-3H3,(H,14,15). The quantitative estimate of drug-likeness (QED) is 0.829. The van der Waals surface area contributed by atoms with Crippen LogP contribution in [-0.4, -0.2) is 13.0 Å². The normalized spacial score (nSPS) is 10.2. The topological polar surface area (TPSA) is 38.3 Å². The van der Waals surface area contributed by atoms with E-state index in [1.807, 2.05) is 38.1 Å². The fraction of sp³-hybridized carbons (Fsp3) is 0.462. The molecular weight excluding hydrogens is 202 g/mol. The number of carbonyl (C=O) groups excluding carboxylic acids is 1. The van der Waals surface area contributed by atoms with Gasteiger partial charge in [0.1, 0.15) is 5.75 Å². The van der Waals surface area contributed by atoms with Gasteiger partial charge in [-0.1, -0.05) is 26.0 Å². The summed E-state index contributed by atoms with van der Waals surface area (Å²) in [5.74, 6) is 1.30. The fourth-order valence-corrected chi connectivity index (χ4v) is 1.43. The van der Waals surface area contributed by atoms with Crippen LogP contribution < -0.4 is 10.1 Å². The van der Waals surface area contributed by atoms with E-state index in [9.17, 15) is 4.79 Å². The molecule has 1 aromatic carbocycles. The van der Waals surface area contributed by atoms with Gasteiger partial charge in [0.15, 0.2) is 0 Å². The van der Waals surface area contributed by atoms with Crippen LogP contribution in [0.3, 0.4) is 0 Å². The van der Waals surface area contributed by atoms with Crippen LogP contribution in [0.5, 0.6) is 5.75 Å². The summed E-state index contributed by atoms with van der Waals surface area (Å²) >= 11 is 0. The van der Waals surface area contributed by atoms with Gasteiger partial charge in [0.05, 0.1) is 7.11 Å². The van der Waals surface area contributed by atoms with Crippen LogP contribution in [-0.2, 0) is 11.3 Å². The van der Waals surface area contributed by atoms with E-state index in [1.165, 1.54) is 0 Å². The second kappa shape index (κ2) is 6.16. The van der Waals surface area contributed by atoms with Crippen molar-refractivity contribution < 1.29 is 9.53 Å². The third-order valence-electron chi connectivity index (χ3n) is 2.22. The largest absolute Gasteiger partial charge is 0.497 e. The molecule has 0 spiro atoms. The molecule has 0 saturated carbocycles. The fourth-order valence-electron chi connectivity index (χ4n) is 1.43. The van der Waals surface area contributed by atoms with Crippen LogP contribution in [0, 0.1) is 5.92 Å². The highest BCUT2D eigenvalue weighted by Gasteiger charge is 2.04. The Labute approximate surface area is 96.8 Å². The molecule has 0 unspecified atom stereocenters. The Kier molecular flexibility index (Phi) is 4.83. The number of carbonyl (C=O) groups is 1. The van der Waals surface area contributed by atoms with Crippen molar-refractivity contribution in [2.45, 2.75) is 26.8 Å². The Morgan fingerprint density at radius 1 is 1.44 bits per heavy atom. The Morgan fingerprint density at radius 2 is 2.19 bits per heavy atom. The van der Waals surface area contributed by atoms with Gasteiger partial charge in [-0.15, -0.1) is 0 Å². The molecule has 0 aliphatic carbocycles. The molecule has 0 aliphatic heterocycles. The highest BCUT2D eigenvalue weighted by atomic mass is 16.5. The SMILES string of the molecule is COc1cccc(CNC(=O)CC(C)C)c1. The van der Waals surface area contributed by atoms with Crippen molar-refractivity contribution in [3.63, 3.8) is 0 Å². The summed E-state index contributed by atoms with van der Waals surface area (Å²) in [5.41, 5.74) is 1.05. The lowest BCUT2D eigenvalue weighted by Gasteiger charge is -2.08. The minimum atomic E-state index is 0.0952. The molecule has 3 heteroatoms. The van der Waals surface area contributed by atoms with Gasteiger partial charge in [-0.05, 0) is 23.6 Å². The molecule has 0 radical (unpaired) electrons. The average Bonchev–Trinajstić information content (AvgIpc) is 2.26. The van der Waals surface area contributed by atoms with E-state index < -0.39 is 0 Å². The first-order valence-electron chi connectivity index (χ1n) is 5.51. The van der Waals surface area contributed by atoms with Crippen molar-refractivity contribution in [1.82, 2.24) is 5.32 Å². The monoisotopic (exact) mass is 221 g/mol. The van der Waals surface area contributed by atoms with E-state index in [-0.39, 0.29) is 5.91 Å². The summed E-state index contributed by atoms with van der Waals surface area (Å²) in [6, 6.07) is 7.70. The second-order valence-electron chi connectivity index (χ2n) is 4.23. The van der Waals surface area contributed by atoms with E-state index in [0.29, 0.717) is 18.9 Å². The third-order valence-corrected chi connectivity index (χ3v) is 2.22. The predicted molar refractivity (Wildman–Crippen MR) is 64.3 cm³/mol. The van der Waals surface area contributed by atoms with Gasteiger partial charge in [0, 0.05) is 13.0 Å². The van der Waals surface area contributed by atoms with Crippen LogP contribution in [0.1, 0.15) is 25.8 Å². The maximum atomic E-state index is 11.4. The van der Waals surface area contributed by atoms with Gasteiger partial charge in [-0.3, -0.25) is 4.79 Å². The minimum Gasteiger partial charge on any atom is -0.497 e. The summed E-state index contributed by atoms with van der Waals surface area (Å²) in [6.45, 7) is 4.62. The molecule has 1 rings (SSSR count).